The number of amides is 1. The summed E-state index contributed by atoms with van der Waals surface area (Å²) in [6, 6.07) is 13.4. The van der Waals surface area contributed by atoms with Crippen molar-refractivity contribution >= 4 is 35.1 Å². The van der Waals surface area contributed by atoms with Crippen LogP contribution in [0.4, 0.5) is 0 Å². The molecule has 2 rings (SSSR count). The zero-order valence-corrected chi connectivity index (χ0v) is 14.3. The van der Waals surface area contributed by atoms with Gasteiger partial charge in [0.05, 0.1) is 10.0 Å². The standard InChI is InChI=1S/C18H17Cl2NO3/c19-14-8-6-13(10-15(14)20)7-9-17(22)21-16(18(23)24)11-12-4-2-1-3-5-12/h1-6,8,10,16H,7,9,11H2,(H,21,22)(H,23,24). The summed E-state index contributed by atoms with van der Waals surface area (Å²) in [7, 11) is 0. The molecule has 0 heterocycles. The van der Waals surface area contributed by atoms with E-state index in [1.165, 1.54) is 0 Å². The highest BCUT2D eigenvalue weighted by Gasteiger charge is 2.20. The molecule has 0 saturated carbocycles. The minimum atomic E-state index is -1.05. The second kappa shape index (κ2) is 8.71. The van der Waals surface area contributed by atoms with Crippen molar-refractivity contribution in [3.05, 3.63) is 69.7 Å². The zero-order valence-electron chi connectivity index (χ0n) is 12.8. The minimum Gasteiger partial charge on any atom is -0.480 e. The zero-order chi connectivity index (χ0) is 17.5. The normalized spacial score (nSPS) is 11.8. The maximum absolute atomic E-state index is 12.0. The number of hydrogen-bond acceptors (Lipinski definition) is 2. The molecule has 1 atom stereocenters. The number of carboxylic acid groups (broad SMARTS) is 1. The quantitative estimate of drug-likeness (QED) is 0.785. The molecule has 0 radical (unpaired) electrons. The summed E-state index contributed by atoms with van der Waals surface area (Å²) in [5.74, 6) is -1.37. The van der Waals surface area contributed by atoms with E-state index in [9.17, 15) is 14.7 Å². The number of aliphatic carboxylic acids is 1. The molecule has 0 aliphatic heterocycles. The summed E-state index contributed by atoms with van der Waals surface area (Å²) in [6.45, 7) is 0. The van der Waals surface area contributed by atoms with Crippen LogP contribution in [0.5, 0.6) is 0 Å². The Morgan fingerprint density at radius 3 is 2.33 bits per heavy atom. The van der Waals surface area contributed by atoms with E-state index in [0.29, 0.717) is 16.5 Å². The lowest BCUT2D eigenvalue weighted by molar-refractivity contribution is -0.141. The van der Waals surface area contributed by atoms with Gasteiger partial charge in [-0.15, -0.1) is 0 Å². The molecule has 0 aliphatic carbocycles. The van der Waals surface area contributed by atoms with Crippen molar-refractivity contribution in [1.29, 1.82) is 0 Å². The summed E-state index contributed by atoms with van der Waals surface area (Å²) >= 11 is 11.8. The molecular formula is C18H17Cl2NO3. The number of aryl methyl sites for hydroxylation is 1. The molecule has 2 aromatic rings. The first-order chi connectivity index (χ1) is 11.5. The first kappa shape index (κ1) is 18.3. The van der Waals surface area contributed by atoms with Gasteiger partial charge in [0.25, 0.3) is 0 Å². The fourth-order valence-electron chi connectivity index (χ4n) is 2.27. The predicted molar refractivity (Wildman–Crippen MR) is 94.5 cm³/mol. The average Bonchev–Trinajstić information content (AvgIpc) is 2.56. The second-order valence-corrected chi connectivity index (χ2v) is 6.21. The molecule has 2 N–H and O–H groups in total. The van der Waals surface area contributed by atoms with Crippen LogP contribution in [0.25, 0.3) is 0 Å². The molecule has 0 fully saturated rings. The Labute approximate surface area is 150 Å². The van der Waals surface area contributed by atoms with Crippen molar-refractivity contribution < 1.29 is 14.7 Å². The third kappa shape index (κ3) is 5.55. The second-order valence-electron chi connectivity index (χ2n) is 5.40. The monoisotopic (exact) mass is 365 g/mol. The number of nitrogens with one attached hydrogen (secondary N) is 1. The van der Waals surface area contributed by atoms with E-state index in [1.54, 1.807) is 18.2 Å². The molecule has 0 aliphatic rings. The van der Waals surface area contributed by atoms with Crippen LogP contribution in [0.15, 0.2) is 48.5 Å². The van der Waals surface area contributed by atoms with Crippen molar-refractivity contribution in [2.45, 2.75) is 25.3 Å². The van der Waals surface area contributed by atoms with E-state index in [-0.39, 0.29) is 18.7 Å². The summed E-state index contributed by atoms with van der Waals surface area (Å²) < 4.78 is 0. The lowest BCUT2D eigenvalue weighted by Crippen LogP contribution is -2.42. The highest BCUT2D eigenvalue weighted by atomic mass is 35.5. The molecule has 1 unspecified atom stereocenters. The number of carbonyl (C=O) groups excluding carboxylic acids is 1. The summed E-state index contributed by atoms with van der Waals surface area (Å²) in [5, 5.41) is 12.7. The Hall–Kier alpha value is -2.04. The number of hydrogen-bond donors (Lipinski definition) is 2. The number of carbonyl (C=O) groups is 2. The van der Waals surface area contributed by atoms with Crippen LogP contribution in [0.2, 0.25) is 10.0 Å². The lowest BCUT2D eigenvalue weighted by atomic mass is 10.1. The molecular weight excluding hydrogens is 349 g/mol. The first-order valence-electron chi connectivity index (χ1n) is 7.45. The van der Waals surface area contributed by atoms with E-state index in [2.05, 4.69) is 5.32 Å². The van der Waals surface area contributed by atoms with Gasteiger partial charge >= 0.3 is 5.97 Å². The van der Waals surface area contributed by atoms with Crippen LogP contribution in [0.3, 0.4) is 0 Å². The van der Waals surface area contributed by atoms with Crippen molar-refractivity contribution in [3.8, 4) is 0 Å². The van der Waals surface area contributed by atoms with Gasteiger partial charge in [-0.25, -0.2) is 4.79 Å². The van der Waals surface area contributed by atoms with Crippen LogP contribution >= 0.6 is 23.2 Å². The highest BCUT2D eigenvalue weighted by Crippen LogP contribution is 2.23. The highest BCUT2D eigenvalue weighted by molar-refractivity contribution is 6.42. The van der Waals surface area contributed by atoms with Crippen molar-refractivity contribution in [2.24, 2.45) is 0 Å². The van der Waals surface area contributed by atoms with Gasteiger partial charge in [0.15, 0.2) is 0 Å². The van der Waals surface area contributed by atoms with E-state index < -0.39 is 12.0 Å². The Morgan fingerprint density at radius 1 is 1.00 bits per heavy atom. The maximum atomic E-state index is 12.0. The van der Waals surface area contributed by atoms with Crippen molar-refractivity contribution in [3.63, 3.8) is 0 Å². The third-order valence-electron chi connectivity index (χ3n) is 3.54. The summed E-state index contributed by atoms with van der Waals surface area (Å²) in [5.41, 5.74) is 1.73. The smallest absolute Gasteiger partial charge is 0.326 e. The number of rotatable bonds is 7. The van der Waals surface area contributed by atoms with E-state index in [0.717, 1.165) is 11.1 Å². The van der Waals surface area contributed by atoms with Crippen molar-refractivity contribution in [2.75, 3.05) is 0 Å². The van der Waals surface area contributed by atoms with Crippen molar-refractivity contribution in [1.82, 2.24) is 5.32 Å². The maximum Gasteiger partial charge on any atom is 0.326 e. The Bertz CT molecular complexity index is 719. The molecule has 126 valence electrons. The first-order valence-corrected chi connectivity index (χ1v) is 8.21. The van der Waals surface area contributed by atoms with Crippen LogP contribution in [-0.2, 0) is 22.4 Å². The lowest BCUT2D eigenvalue weighted by Gasteiger charge is -2.14. The van der Waals surface area contributed by atoms with Gasteiger partial charge < -0.3 is 10.4 Å². The molecule has 4 nitrogen and oxygen atoms in total. The van der Waals surface area contributed by atoms with Gasteiger partial charge in [0.1, 0.15) is 6.04 Å². The van der Waals surface area contributed by atoms with Gasteiger partial charge in [-0.3, -0.25) is 4.79 Å². The molecule has 24 heavy (non-hydrogen) atoms. The van der Waals surface area contributed by atoms with E-state index >= 15 is 0 Å². The molecule has 0 saturated heterocycles. The Balaban J connectivity index is 1.90. The number of benzene rings is 2. The topological polar surface area (TPSA) is 66.4 Å². The molecule has 0 bridgehead atoms. The predicted octanol–water partition coefficient (Wildman–Crippen LogP) is 3.74. The van der Waals surface area contributed by atoms with Gasteiger partial charge in [-0.1, -0.05) is 59.6 Å². The SMILES string of the molecule is O=C(CCc1ccc(Cl)c(Cl)c1)NC(Cc1ccccc1)C(=O)O. The Kier molecular flexibility index (Phi) is 6.64. The summed E-state index contributed by atoms with van der Waals surface area (Å²) in [6.07, 6.45) is 0.881. The largest absolute Gasteiger partial charge is 0.480 e. The van der Waals surface area contributed by atoms with Crippen LogP contribution in [0, 0.1) is 0 Å². The number of halogens is 2. The van der Waals surface area contributed by atoms with Gasteiger partial charge in [0, 0.05) is 12.8 Å². The third-order valence-corrected chi connectivity index (χ3v) is 4.28. The van der Waals surface area contributed by atoms with Gasteiger partial charge in [0.2, 0.25) is 5.91 Å². The van der Waals surface area contributed by atoms with Crippen LogP contribution in [0.1, 0.15) is 17.5 Å². The molecule has 2 aromatic carbocycles. The average molecular weight is 366 g/mol. The van der Waals surface area contributed by atoms with Crippen LogP contribution < -0.4 is 5.32 Å². The fraction of sp³-hybridized carbons (Fsp3) is 0.222. The molecule has 1 amide bonds. The van der Waals surface area contributed by atoms with E-state index in [4.69, 9.17) is 23.2 Å². The number of carboxylic acids is 1. The summed E-state index contributed by atoms with van der Waals surface area (Å²) in [4.78, 5) is 23.4. The van der Waals surface area contributed by atoms with E-state index in [1.807, 2.05) is 30.3 Å². The van der Waals surface area contributed by atoms with Gasteiger partial charge in [-0.2, -0.15) is 0 Å². The molecule has 0 aromatic heterocycles. The minimum absolute atomic E-state index is 0.177. The molecule has 6 heteroatoms. The van der Waals surface area contributed by atoms with Gasteiger partial charge in [-0.05, 0) is 29.7 Å². The molecule has 0 spiro atoms. The fourth-order valence-corrected chi connectivity index (χ4v) is 2.59. The Morgan fingerprint density at radius 2 is 1.71 bits per heavy atom. The van der Waals surface area contributed by atoms with Crippen LogP contribution in [-0.4, -0.2) is 23.0 Å².